The van der Waals surface area contributed by atoms with Crippen LogP contribution in [0.1, 0.15) is 6.92 Å². The molecule has 0 fully saturated rings. The number of likely N-dealkylation sites (N-methyl/N-ethyl adjacent to an activating group) is 1. The van der Waals surface area contributed by atoms with Gasteiger partial charge in [0.2, 0.25) is 5.91 Å². The third-order valence-corrected chi connectivity index (χ3v) is 2.53. The van der Waals surface area contributed by atoms with E-state index < -0.39 is 0 Å². The Hall–Kier alpha value is -1.26. The number of rotatable bonds is 4. The van der Waals surface area contributed by atoms with Crippen molar-refractivity contribution in [2.45, 2.75) is 6.92 Å². The summed E-state index contributed by atoms with van der Waals surface area (Å²) in [4.78, 5) is 13.5. The Balaban J connectivity index is 2.63. The van der Waals surface area contributed by atoms with Crippen molar-refractivity contribution in [1.29, 1.82) is 0 Å². The van der Waals surface area contributed by atoms with Crippen LogP contribution in [0, 0.1) is 0 Å². The van der Waals surface area contributed by atoms with Crippen molar-refractivity contribution in [2.75, 3.05) is 31.2 Å². The monoisotopic (exact) mass is 241 g/mol. The first-order chi connectivity index (χ1) is 7.52. The van der Waals surface area contributed by atoms with E-state index in [2.05, 4.69) is 5.32 Å². The highest BCUT2D eigenvalue weighted by atomic mass is 35.5. The van der Waals surface area contributed by atoms with Gasteiger partial charge in [-0.3, -0.25) is 9.69 Å². The quantitative estimate of drug-likeness (QED) is 0.791. The zero-order valence-corrected chi connectivity index (χ0v) is 10.2. The normalized spacial score (nSPS) is 10.5. The fourth-order valence-corrected chi connectivity index (χ4v) is 1.42. The van der Waals surface area contributed by atoms with Gasteiger partial charge in [0.25, 0.3) is 0 Å². The topological polar surface area (TPSA) is 58.4 Å². The molecule has 0 spiro atoms. The fourth-order valence-electron chi connectivity index (χ4n) is 1.18. The number of amides is 1. The number of anilines is 2. The summed E-state index contributed by atoms with van der Waals surface area (Å²) in [6, 6.07) is 5.01. The number of carbonyl (C=O) groups is 1. The van der Waals surface area contributed by atoms with Crippen LogP contribution < -0.4 is 11.1 Å². The van der Waals surface area contributed by atoms with Gasteiger partial charge in [-0.2, -0.15) is 0 Å². The van der Waals surface area contributed by atoms with Gasteiger partial charge in [-0.25, -0.2) is 0 Å². The zero-order valence-electron chi connectivity index (χ0n) is 9.46. The molecule has 4 nitrogen and oxygen atoms in total. The highest BCUT2D eigenvalue weighted by Crippen LogP contribution is 2.23. The molecule has 5 heteroatoms. The van der Waals surface area contributed by atoms with Gasteiger partial charge in [0.1, 0.15) is 0 Å². The van der Waals surface area contributed by atoms with E-state index in [1.807, 2.05) is 18.9 Å². The SMILES string of the molecule is CCN(C)CC(=O)Nc1ccc(N)cc1Cl. The molecule has 1 aromatic carbocycles. The largest absolute Gasteiger partial charge is 0.399 e. The second kappa shape index (κ2) is 5.72. The molecule has 0 atom stereocenters. The van der Waals surface area contributed by atoms with E-state index in [1.54, 1.807) is 18.2 Å². The molecular formula is C11H16ClN3O. The molecule has 0 unspecified atom stereocenters. The van der Waals surface area contributed by atoms with Crippen LogP contribution >= 0.6 is 11.6 Å². The van der Waals surface area contributed by atoms with Crippen LogP contribution in [-0.2, 0) is 4.79 Å². The van der Waals surface area contributed by atoms with Crippen LogP contribution in [-0.4, -0.2) is 30.9 Å². The number of hydrogen-bond donors (Lipinski definition) is 2. The van der Waals surface area contributed by atoms with Crippen LogP contribution in [0.15, 0.2) is 18.2 Å². The average Bonchev–Trinajstić information content (AvgIpc) is 2.22. The van der Waals surface area contributed by atoms with Crippen LogP contribution in [0.4, 0.5) is 11.4 Å². The van der Waals surface area contributed by atoms with Crippen LogP contribution in [0.25, 0.3) is 0 Å². The molecule has 16 heavy (non-hydrogen) atoms. The standard InChI is InChI=1S/C11H16ClN3O/c1-3-15(2)7-11(16)14-10-5-4-8(13)6-9(10)12/h4-6H,3,7,13H2,1-2H3,(H,14,16). The third kappa shape index (κ3) is 3.72. The molecule has 0 saturated carbocycles. The highest BCUT2D eigenvalue weighted by Gasteiger charge is 2.07. The third-order valence-electron chi connectivity index (χ3n) is 2.22. The maximum Gasteiger partial charge on any atom is 0.238 e. The summed E-state index contributed by atoms with van der Waals surface area (Å²) in [6.45, 7) is 3.16. The summed E-state index contributed by atoms with van der Waals surface area (Å²) in [6.07, 6.45) is 0. The minimum absolute atomic E-state index is 0.0870. The van der Waals surface area contributed by atoms with E-state index in [4.69, 9.17) is 17.3 Å². The van der Waals surface area contributed by atoms with Gasteiger partial charge in [-0.1, -0.05) is 18.5 Å². The second-order valence-corrected chi connectivity index (χ2v) is 4.03. The molecule has 1 aromatic rings. The van der Waals surface area contributed by atoms with E-state index in [0.717, 1.165) is 6.54 Å². The highest BCUT2D eigenvalue weighted by molar-refractivity contribution is 6.34. The molecule has 0 aromatic heterocycles. The van der Waals surface area contributed by atoms with Crippen molar-refractivity contribution < 1.29 is 4.79 Å². The van der Waals surface area contributed by atoms with Crippen molar-refractivity contribution in [1.82, 2.24) is 4.90 Å². The predicted molar refractivity (Wildman–Crippen MR) is 67.7 cm³/mol. The summed E-state index contributed by atoms with van der Waals surface area (Å²) < 4.78 is 0. The Morgan fingerprint density at radius 2 is 2.25 bits per heavy atom. The van der Waals surface area contributed by atoms with Crippen LogP contribution in [0.5, 0.6) is 0 Å². The van der Waals surface area contributed by atoms with Gasteiger partial charge in [0.15, 0.2) is 0 Å². The Morgan fingerprint density at radius 3 is 2.81 bits per heavy atom. The molecule has 0 radical (unpaired) electrons. The smallest absolute Gasteiger partial charge is 0.238 e. The maximum atomic E-state index is 11.6. The van der Waals surface area contributed by atoms with Gasteiger partial charge in [-0.05, 0) is 31.8 Å². The molecule has 0 bridgehead atoms. The summed E-state index contributed by atoms with van der Waals surface area (Å²) >= 11 is 5.94. The van der Waals surface area contributed by atoms with Gasteiger partial charge in [0, 0.05) is 5.69 Å². The molecule has 0 aliphatic carbocycles. The minimum atomic E-state index is -0.0870. The van der Waals surface area contributed by atoms with Crippen molar-refractivity contribution in [3.05, 3.63) is 23.2 Å². The molecule has 0 aliphatic rings. The Labute approximate surface area is 100 Å². The lowest BCUT2D eigenvalue weighted by Crippen LogP contribution is -2.29. The first-order valence-electron chi connectivity index (χ1n) is 5.06. The number of benzene rings is 1. The first-order valence-corrected chi connectivity index (χ1v) is 5.44. The molecule has 0 heterocycles. The molecule has 1 rings (SSSR count). The molecule has 0 saturated heterocycles. The minimum Gasteiger partial charge on any atom is -0.399 e. The van der Waals surface area contributed by atoms with Crippen LogP contribution in [0.2, 0.25) is 5.02 Å². The predicted octanol–water partition coefficient (Wildman–Crippen LogP) is 1.81. The zero-order chi connectivity index (χ0) is 12.1. The Morgan fingerprint density at radius 1 is 1.56 bits per heavy atom. The van der Waals surface area contributed by atoms with Gasteiger partial charge in [-0.15, -0.1) is 0 Å². The lowest BCUT2D eigenvalue weighted by molar-refractivity contribution is -0.117. The van der Waals surface area contributed by atoms with E-state index in [1.165, 1.54) is 0 Å². The lowest BCUT2D eigenvalue weighted by Gasteiger charge is -2.14. The van der Waals surface area contributed by atoms with Crippen LogP contribution in [0.3, 0.4) is 0 Å². The van der Waals surface area contributed by atoms with E-state index in [0.29, 0.717) is 22.9 Å². The van der Waals surface area contributed by atoms with Crippen molar-refractivity contribution >= 4 is 28.9 Å². The Bertz CT molecular complexity index is 381. The van der Waals surface area contributed by atoms with Gasteiger partial charge >= 0.3 is 0 Å². The number of halogens is 1. The molecule has 3 N–H and O–H groups in total. The summed E-state index contributed by atoms with van der Waals surface area (Å²) in [7, 11) is 1.88. The molecule has 88 valence electrons. The van der Waals surface area contributed by atoms with E-state index in [9.17, 15) is 4.79 Å². The number of nitrogens with one attached hydrogen (secondary N) is 1. The first kappa shape index (κ1) is 12.8. The number of hydrogen-bond acceptors (Lipinski definition) is 3. The van der Waals surface area contributed by atoms with E-state index >= 15 is 0 Å². The fraction of sp³-hybridized carbons (Fsp3) is 0.364. The second-order valence-electron chi connectivity index (χ2n) is 3.62. The molecule has 1 amide bonds. The lowest BCUT2D eigenvalue weighted by atomic mass is 10.3. The number of nitrogens with zero attached hydrogens (tertiary/aromatic N) is 1. The number of nitrogen functional groups attached to an aromatic ring is 1. The van der Waals surface area contributed by atoms with Crippen molar-refractivity contribution in [2.24, 2.45) is 0 Å². The van der Waals surface area contributed by atoms with Crippen molar-refractivity contribution in [3.63, 3.8) is 0 Å². The molecule has 0 aliphatic heterocycles. The average molecular weight is 242 g/mol. The van der Waals surface area contributed by atoms with Gasteiger partial charge < -0.3 is 11.1 Å². The summed E-state index contributed by atoms with van der Waals surface area (Å²) in [5.41, 5.74) is 6.72. The van der Waals surface area contributed by atoms with Gasteiger partial charge in [0.05, 0.1) is 17.3 Å². The maximum absolute atomic E-state index is 11.6. The summed E-state index contributed by atoms with van der Waals surface area (Å²) in [5, 5.41) is 3.19. The number of nitrogens with two attached hydrogens (primary N) is 1. The summed E-state index contributed by atoms with van der Waals surface area (Å²) in [5.74, 6) is -0.0870. The van der Waals surface area contributed by atoms with E-state index in [-0.39, 0.29) is 5.91 Å². The van der Waals surface area contributed by atoms with Crippen molar-refractivity contribution in [3.8, 4) is 0 Å². The number of carbonyl (C=O) groups excluding carboxylic acids is 1. The molecular weight excluding hydrogens is 226 g/mol. The Kier molecular flexibility index (Phi) is 4.58.